The van der Waals surface area contributed by atoms with E-state index in [0.29, 0.717) is 5.02 Å². The minimum Gasteiger partial charge on any atom is -0.456 e. The summed E-state index contributed by atoms with van der Waals surface area (Å²) in [5.41, 5.74) is 1.63. The van der Waals surface area contributed by atoms with E-state index in [1.165, 1.54) is 25.8 Å². The predicted molar refractivity (Wildman–Crippen MR) is 63.7 cm³/mol. The van der Waals surface area contributed by atoms with Gasteiger partial charge in [0.1, 0.15) is 11.2 Å². The van der Waals surface area contributed by atoms with Crippen molar-refractivity contribution in [2.75, 3.05) is 6.54 Å². The normalized spacial score (nSPS) is 20.5. The molecule has 1 N–H and O–H groups in total. The average molecular weight is 226 g/mol. The third-order valence-corrected chi connectivity index (χ3v) is 3.08. The van der Waals surface area contributed by atoms with Crippen LogP contribution in [0, 0.1) is 0 Å². The van der Waals surface area contributed by atoms with E-state index >= 15 is 0 Å². The molecule has 2 aromatic rings. The Labute approximate surface area is 94.9 Å². The van der Waals surface area contributed by atoms with Crippen molar-refractivity contribution < 1.29 is 4.42 Å². The van der Waals surface area contributed by atoms with Crippen LogP contribution in [-0.2, 0) is 0 Å². The summed E-state index contributed by atoms with van der Waals surface area (Å²) in [5, 5.41) is 4.12. The van der Waals surface area contributed by atoms with Gasteiger partial charge in [0.2, 0.25) is 0 Å². The van der Waals surface area contributed by atoms with Crippen LogP contribution in [0.15, 0.2) is 22.6 Å². The van der Waals surface area contributed by atoms with Crippen LogP contribution in [0.2, 0.25) is 5.02 Å². The summed E-state index contributed by atoms with van der Waals surface area (Å²) in [7, 11) is 0. The quantitative estimate of drug-likeness (QED) is 0.801. The molecule has 0 saturated carbocycles. The van der Waals surface area contributed by atoms with Crippen LogP contribution < -0.4 is 5.32 Å². The average Bonchev–Trinajstić information content (AvgIpc) is 2.95. The third kappa shape index (κ3) is 2.64. The lowest BCUT2D eigenvalue weighted by molar-refractivity contribution is 0.587. The summed E-state index contributed by atoms with van der Waals surface area (Å²) >= 11 is 5.64. The highest BCUT2D eigenvalue weighted by Crippen LogP contribution is 2.25. The van der Waals surface area contributed by atoms with Gasteiger partial charge in [0.05, 0.1) is 5.02 Å². The first-order valence-electron chi connectivity index (χ1n) is 5.50. The highest BCUT2D eigenvalue weighted by Gasteiger charge is 2.09. The van der Waals surface area contributed by atoms with Crippen molar-refractivity contribution in [3.63, 3.8) is 0 Å². The van der Waals surface area contributed by atoms with E-state index in [2.05, 4.69) is 12.2 Å². The van der Waals surface area contributed by atoms with Gasteiger partial charge in [-0.25, -0.2) is 0 Å². The lowest BCUT2D eigenvalue weighted by Gasteiger charge is -2.02. The number of furan rings is 2. The van der Waals surface area contributed by atoms with Gasteiger partial charge in [0.25, 0.3) is 0 Å². The molecule has 0 spiro atoms. The molecule has 1 unspecified atom stereocenters. The van der Waals surface area contributed by atoms with E-state index in [-0.39, 0.29) is 0 Å². The molecular formula is C12H16ClNO. The number of hydrogen-bond acceptors (Lipinski definition) is 2. The zero-order valence-corrected chi connectivity index (χ0v) is 9.68. The fourth-order valence-corrected chi connectivity index (χ4v) is 2.07. The summed E-state index contributed by atoms with van der Waals surface area (Å²) in [6.07, 6.45) is 4.09. The standard InChI is InChI=1S/C6H3ClO.C6H13N/c7-5-3-4-1-2-6(5)8-4;1-2-6-4-3-5-7-6/h1-3H;6-7H,2-5H2,1H3. The SMILES string of the molecule is CCC1CCCN1.Clc1cc2ccc1o2. The maximum absolute atomic E-state index is 5.64. The Hall–Kier alpha value is -0.730. The molecule has 3 heterocycles. The number of nitrogens with one attached hydrogen (secondary N) is 1. The van der Waals surface area contributed by atoms with Crippen LogP contribution in [0.25, 0.3) is 11.2 Å². The van der Waals surface area contributed by atoms with Crippen molar-refractivity contribution in [3.8, 4) is 0 Å². The van der Waals surface area contributed by atoms with Crippen molar-refractivity contribution in [2.24, 2.45) is 0 Å². The molecule has 2 nitrogen and oxygen atoms in total. The molecule has 82 valence electrons. The summed E-state index contributed by atoms with van der Waals surface area (Å²) in [6, 6.07) is 6.40. The zero-order chi connectivity index (χ0) is 10.7. The van der Waals surface area contributed by atoms with Crippen molar-refractivity contribution in [3.05, 3.63) is 23.2 Å². The molecular weight excluding hydrogens is 210 g/mol. The molecule has 15 heavy (non-hydrogen) atoms. The molecule has 0 aromatic carbocycles. The fourth-order valence-electron chi connectivity index (χ4n) is 1.86. The Morgan fingerprint density at radius 1 is 1.53 bits per heavy atom. The highest BCUT2D eigenvalue weighted by molar-refractivity contribution is 6.34. The molecule has 2 bridgehead atoms. The Morgan fingerprint density at radius 3 is 2.67 bits per heavy atom. The number of hydrogen-bond donors (Lipinski definition) is 1. The van der Waals surface area contributed by atoms with Crippen LogP contribution in [0.1, 0.15) is 26.2 Å². The molecule has 0 radical (unpaired) electrons. The van der Waals surface area contributed by atoms with Crippen LogP contribution in [0.5, 0.6) is 0 Å². The highest BCUT2D eigenvalue weighted by atomic mass is 35.5. The van der Waals surface area contributed by atoms with E-state index in [1.807, 2.05) is 12.1 Å². The Morgan fingerprint density at radius 2 is 2.40 bits per heavy atom. The van der Waals surface area contributed by atoms with Crippen molar-refractivity contribution >= 4 is 22.8 Å². The van der Waals surface area contributed by atoms with Crippen LogP contribution >= 0.6 is 11.6 Å². The molecule has 0 aliphatic carbocycles. The molecule has 1 aliphatic heterocycles. The van der Waals surface area contributed by atoms with Gasteiger partial charge < -0.3 is 9.73 Å². The number of halogens is 1. The minimum absolute atomic E-state index is 0.711. The molecule has 1 saturated heterocycles. The third-order valence-electron chi connectivity index (χ3n) is 2.79. The smallest absolute Gasteiger partial charge is 0.146 e. The minimum atomic E-state index is 0.711. The first-order valence-corrected chi connectivity index (χ1v) is 5.88. The second-order valence-electron chi connectivity index (χ2n) is 3.90. The molecule has 2 aromatic heterocycles. The van der Waals surface area contributed by atoms with E-state index in [0.717, 1.165) is 17.2 Å². The van der Waals surface area contributed by atoms with Crippen molar-refractivity contribution in [2.45, 2.75) is 32.2 Å². The van der Waals surface area contributed by atoms with Gasteiger partial charge in [0.15, 0.2) is 0 Å². The van der Waals surface area contributed by atoms with Gasteiger partial charge >= 0.3 is 0 Å². The largest absolute Gasteiger partial charge is 0.456 e. The predicted octanol–water partition coefficient (Wildman–Crippen LogP) is 3.67. The molecule has 1 fully saturated rings. The van der Waals surface area contributed by atoms with Crippen molar-refractivity contribution in [1.82, 2.24) is 5.32 Å². The monoisotopic (exact) mass is 225 g/mol. The Kier molecular flexibility index (Phi) is 3.49. The fraction of sp³-hybridized carbons (Fsp3) is 0.500. The maximum atomic E-state index is 5.64. The first-order chi connectivity index (χ1) is 7.29. The zero-order valence-electron chi connectivity index (χ0n) is 8.92. The van der Waals surface area contributed by atoms with Crippen LogP contribution in [0.3, 0.4) is 0 Å². The second-order valence-corrected chi connectivity index (χ2v) is 4.30. The first kappa shape index (κ1) is 10.8. The van der Waals surface area contributed by atoms with E-state index in [1.54, 1.807) is 6.07 Å². The second kappa shape index (κ2) is 4.86. The lowest BCUT2D eigenvalue weighted by Crippen LogP contribution is -2.19. The topological polar surface area (TPSA) is 25.2 Å². The van der Waals surface area contributed by atoms with Crippen molar-refractivity contribution in [1.29, 1.82) is 0 Å². The summed E-state index contributed by atoms with van der Waals surface area (Å²) in [6.45, 7) is 3.49. The van der Waals surface area contributed by atoms with Gasteiger partial charge in [-0.1, -0.05) is 18.5 Å². The lowest BCUT2D eigenvalue weighted by atomic mass is 10.2. The van der Waals surface area contributed by atoms with E-state index in [9.17, 15) is 0 Å². The Bertz CT molecular complexity index is 392. The summed E-state index contributed by atoms with van der Waals surface area (Å²) in [4.78, 5) is 0. The van der Waals surface area contributed by atoms with Crippen LogP contribution in [-0.4, -0.2) is 12.6 Å². The van der Waals surface area contributed by atoms with Gasteiger partial charge in [-0.05, 0) is 37.9 Å². The number of benzene rings is 1. The van der Waals surface area contributed by atoms with E-state index < -0.39 is 0 Å². The number of fused-ring (bicyclic) bond motifs is 2. The van der Waals surface area contributed by atoms with Gasteiger partial charge in [-0.2, -0.15) is 0 Å². The van der Waals surface area contributed by atoms with E-state index in [4.69, 9.17) is 16.0 Å². The Balaban J connectivity index is 0.000000115. The van der Waals surface area contributed by atoms with Crippen LogP contribution in [0.4, 0.5) is 0 Å². The molecule has 1 atom stereocenters. The summed E-state index contributed by atoms with van der Waals surface area (Å²) < 4.78 is 5.08. The number of rotatable bonds is 1. The van der Waals surface area contributed by atoms with Gasteiger partial charge in [-0.3, -0.25) is 0 Å². The molecule has 3 rings (SSSR count). The van der Waals surface area contributed by atoms with Gasteiger partial charge in [-0.15, -0.1) is 0 Å². The molecule has 3 heteroatoms. The van der Waals surface area contributed by atoms with Gasteiger partial charge in [0, 0.05) is 12.1 Å². The molecule has 1 aliphatic rings. The maximum Gasteiger partial charge on any atom is 0.146 e. The summed E-state index contributed by atoms with van der Waals surface area (Å²) in [5.74, 6) is 0. The molecule has 0 amide bonds.